The Balaban J connectivity index is 0.00000193. The van der Waals surface area contributed by atoms with Crippen molar-refractivity contribution in [2.75, 3.05) is 51.3 Å². The summed E-state index contributed by atoms with van der Waals surface area (Å²) in [5, 5.41) is 33.6. The third kappa shape index (κ3) is 11.8. The smallest absolute Gasteiger partial charge is 0.411 e. The van der Waals surface area contributed by atoms with E-state index in [1.165, 1.54) is 18.2 Å². The standard InChI is InChI=1S/C41H45N5O14S.C2H6.CH4O/c1-4-26-27-13-23(48)6-7-31(27)44-37-29(26)17-46-33(37)15-28-30(39(46)51)20-56-40(52)38(28)58-21-45(9-10-61(3,54)55)41(53)57-19-22-5-8-34(32(11-22)43-35(50)16-42-2)60-36-14-24(49)12-25(18-47)59-36;2*1-2/h5-8,11,13,15,18,24-25,36,38,42,48-49H,4,9-10,12,14,16-17,19-21H2,1-3H3,(H,43,50);1-2H3;2H,1H3. The summed E-state index contributed by atoms with van der Waals surface area (Å²) >= 11 is 0. The third-order valence-electron chi connectivity index (χ3n) is 10.5. The zero-order valence-electron chi connectivity index (χ0n) is 37.0. The Bertz CT molecular complexity index is 2570. The second-order valence-corrected chi connectivity index (χ2v) is 17.2. The molecule has 4 aromatic rings. The summed E-state index contributed by atoms with van der Waals surface area (Å²) in [6, 6.07) is 11.0. The van der Waals surface area contributed by atoms with Crippen LogP contribution in [0, 0.1) is 0 Å². The van der Waals surface area contributed by atoms with Crippen molar-refractivity contribution in [1.29, 1.82) is 0 Å². The Labute approximate surface area is 375 Å². The fourth-order valence-electron chi connectivity index (χ4n) is 7.55. The van der Waals surface area contributed by atoms with Crippen LogP contribution < -0.4 is 20.9 Å². The molecule has 0 radical (unpaired) electrons. The summed E-state index contributed by atoms with van der Waals surface area (Å²) in [6.07, 6.45) is -2.88. The number of aldehydes is 1. The van der Waals surface area contributed by atoms with Gasteiger partial charge in [0.05, 0.1) is 53.1 Å². The van der Waals surface area contributed by atoms with E-state index in [1.807, 2.05) is 20.8 Å². The van der Waals surface area contributed by atoms with Gasteiger partial charge in [-0.15, -0.1) is 0 Å². The van der Waals surface area contributed by atoms with Crippen LogP contribution in [0.5, 0.6) is 11.5 Å². The minimum Gasteiger partial charge on any atom is -0.508 e. The van der Waals surface area contributed by atoms with E-state index in [9.17, 15) is 42.6 Å². The number of likely N-dealkylation sites (N-methyl/N-ethyl adjacent to an activating group) is 1. The number of phenolic OH excluding ortho intramolecular Hbond substituents is 1. The van der Waals surface area contributed by atoms with Crippen LogP contribution in [0.1, 0.15) is 67.5 Å². The highest BCUT2D eigenvalue weighted by Gasteiger charge is 2.37. The van der Waals surface area contributed by atoms with Crippen LogP contribution in [-0.4, -0.2) is 127 Å². The number of aliphatic hydroxyl groups is 2. The number of aliphatic hydroxyl groups excluding tert-OH is 2. The molecule has 1 saturated heterocycles. The minimum atomic E-state index is -3.60. The molecule has 2 aromatic heterocycles. The van der Waals surface area contributed by atoms with Gasteiger partial charge >= 0.3 is 12.1 Å². The van der Waals surface area contributed by atoms with Gasteiger partial charge in [-0.25, -0.2) is 23.0 Å². The maximum absolute atomic E-state index is 14.0. The van der Waals surface area contributed by atoms with E-state index in [1.54, 1.807) is 35.9 Å². The molecule has 2 aromatic carbocycles. The highest BCUT2D eigenvalue weighted by molar-refractivity contribution is 7.90. The van der Waals surface area contributed by atoms with E-state index in [-0.39, 0.29) is 74.0 Å². The van der Waals surface area contributed by atoms with Crippen molar-refractivity contribution in [3.05, 3.63) is 80.6 Å². The zero-order chi connectivity index (χ0) is 47.6. The largest absolute Gasteiger partial charge is 0.508 e. The van der Waals surface area contributed by atoms with E-state index in [2.05, 4.69) is 10.6 Å². The summed E-state index contributed by atoms with van der Waals surface area (Å²) < 4.78 is 54.4. The second-order valence-electron chi connectivity index (χ2n) is 15.0. The number of nitrogens with zero attached hydrogens (tertiary/aromatic N) is 3. The lowest BCUT2D eigenvalue weighted by molar-refractivity contribution is -0.175. The number of sulfone groups is 1. The highest BCUT2D eigenvalue weighted by atomic mass is 32.2. The predicted molar refractivity (Wildman–Crippen MR) is 236 cm³/mol. The number of anilines is 1. The van der Waals surface area contributed by atoms with Crippen LogP contribution in [0.4, 0.5) is 10.5 Å². The van der Waals surface area contributed by atoms with Gasteiger partial charge in [-0.2, -0.15) is 0 Å². The van der Waals surface area contributed by atoms with Crippen LogP contribution >= 0.6 is 0 Å². The molecule has 5 heterocycles. The number of carbonyl (C=O) groups is 4. The number of pyridine rings is 2. The molecule has 0 aliphatic carbocycles. The van der Waals surface area contributed by atoms with Crippen LogP contribution in [0.25, 0.3) is 22.3 Å². The maximum Gasteiger partial charge on any atom is 0.411 e. The Morgan fingerprint density at radius 1 is 1.08 bits per heavy atom. The number of carbonyl (C=O) groups excluding carboxylic acids is 4. The average molecular weight is 926 g/mol. The molecule has 3 aliphatic heterocycles. The number of phenols is 1. The van der Waals surface area contributed by atoms with Gasteiger partial charge in [-0.1, -0.05) is 26.8 Å². The number of aromatic nitrogens is 2. The molecule has 65 heavy (non-hydrogen) atoms. The lowest BCUT2D eigenvalue weighted by atomic mass is 9.97. The number of hydrogen-bond acceptors (Lipinski definition) is 17. The van der Waals surface area contributed by atoms with Crippen LogP contribution in [-0.2, 0) is 69.3 Å². The summed E-state index contributed by atoms with van der Waals surface area (Å²) in [6.45, 7) is 4.42. The number of esters is 1. The van der Waals surface area contributed by atoms with Crippen molar-refractivity contribution in [1.82, 2.24) is 19.8 Å². The SMILES string of the molecule is CC.CCc1c2c(nc3ccc(O)cc13)-c1cc3c(c(=O)n1C2)COC(=O)C3OCN(CCS(C)(=O)=O)C(=O)OCc1ccc(OC2CC(O)CC(C=O)O2)c(NC(=O)CNC)c1.CO. The maximum atomic E-state index is 14.0. The first kappa shape index (κ1) is 50.0. The number of amides is 2. The molecular weight excluding hydrogens is 871 g/mol. The third-order valence-corrected chi connectivity index (χ3v) is 11.4. The van der Waals surface area contributed by atoms with Gasteiger partial charge in [0.15, 0.2) is 6.10 Å². The van der Waals surface area contributed by atoms with Gasteiger partial charge in [0.2, 0.25) is 12.2 Å². The molecule has 2 amide bonds. The molecule has 7 rings (SSSR count). The summed E-state index contributed by atoms with van der Waals surface area (Å²) in [5.74, 6) is -1.50. The van der Waals surface area contributed by atoms with Gasteiger partial charge in [0, 0.05) is 49.3 Å². The van der Waals surface area contributed by atoms with Crippen molar-refractivity contribution in [3.63, 3.8) is 0 Å². The molecule has 3 aliphatic rings. The van der Waals surface area contributed by atoms with Crippen molar-refractivity contribution in [2.45, 2.75) is 84.4 Å². The van der Waals surface area contributed by atoms with Crippen LogP contribution in [0.3, 0.4) is 0 Å². The first-order valence-corrected chi connectivity index (χ1v) is 23.0. The van der Waals surface area contributed by atoms with Crippen LogP contribution in [0.15, 0.2) is 47.3 Å². The van der Waals surface area contributed by atoms with E-state index >= 15 is 0 Å². The molecule has 352 valence electrons. The second kappa shape index (κ2) is 22.3. The molecule has 0 saturated carbocycles. The Hall–Kier alpha value is -5.97. The number of aromatic hydroxyl groups is 1. The fraction of sp³-hybridized carbons (Fsp3) is 0.455. The number of benzene rings is 2. The Kier molecular flexibility index (Phi) is 17.2. The van der Waals surface area contributed by atoms with E-state index in [0.717, 1.165) is 34.8 Å². The zero-order valence-corrected chi connectivity index (χ0v) is 37.8. The lowest BCUT2D eigenvalue weighted by Crippen LogP contribution is -2.40. The molecule has 4 atom stereocenters. The molecule has 4 unspecified atom stereocenters. The highest BCUT2D eigenvalue weighted by Crippen LogP contribution is 2.39. The first-order chi connectivity index (χ1) is 31.2. The summed E-state index contributed by atoms with van der Waals surface area (Å²) in [4.78, 5) is 70.5. The van der Waals surface area contributed by atoms with Crippen LogP contribution in [0.2, 0.25) is 0 Å². The Morgan fingerprint density at radius 3 is 2.52 bits per heavy atom. The van der Waals surface area contributed by atoms with Gasteiger partial charge in [0.25, 0.3) is 5.56 Å². The number of aryl methyl sites for hydroxylation is 1. The topological polar surface area (TPSA) is 271 Å². The molecule has 0 spiro atoms. The van der Waals surface area contributed by atoms with Gasteiger partial charge in [-0.05, 0) is 61.0 Å². The number of nitrogens with one attached hydrogen (secondary N) is 2. The van der Waals surface area contributed by atoms with E-state index < -0.39 is 70.5 Å². The number of ether oxygens (including phenoxy) is 5. The van der Waals surface area contributed by atoms with Crippen molar-refractivity contribution < 1.29 is 66.6 Å². The number of fused-ring (bicyclic) bond motifs is 5. The fourth-order valence-corrected chi connectivity index (χ4v) is 8.10. The normalized spacial score (nSPS) is 18.3. The molecule has 0 bridgehead atoms. The number of cyclic esters (lactones) is 1. The number of rotatable bonds is 15. The van der Waals surface area contributed by atoms with E-state index in [0.29, 0.717) is 35.2 Å². The summed E-state index contributed by atoms with van der Waals surface area (Å²) in [7, 11) is -1.02. The first-order valence-electron chi connectivity index (χ1n) is 20.9. The predicted octanol–water partition coefficient (Wildman–Crippen LogP) is 2.68. The molecule has 20 nitrogen and oxygen atoms in total. The molecule has 21 heteroatoms. The summed E-state index contributed by atoms with van der Waals surface area (Å²) in [5.41, 5.74) is 3.85. The lowest BCUT2D eigenvalue weighted by Gasteiger charge is -2.31. The average Bonchev–Trinajstić information content (AvgIpc) is 3.65. The van der Waals surface area contributed by atoms with Crippen molar-refractivity contribution in [2.24, 2.45) is 0 Å². The molecule has 5 N–H and O–H groups in total. The number of hydrogen-bond donors (Lipinski definition) is 5. The van der Waals surface area contributed by atoms with Gasteiger partial charge in [-0.3, -0.25) is 14.5 Å². The van der Waals surface area contributed by atoms with Crippen molar-refractivity contribution >= 4 is 50.7 Å². The van der Waals surface area contributed by atoms with Gasteiger partial charge in [0.1, 0.15) is 53.7 Å². The quantitative estimate of drug-likeness (QED) is 0.0574. The monoisotopic (exact) mass is 925 g/mol. The van der Waals surface area contributed by atoms with E-state index in [4.69, 9.17) is 33.8 Å². The molecular formula is C44H55N5O15S. The minimum absolute atomic E-state index is 0.0520. The molecule has 1 fully saturated rings. The Morgan fingerprint density at radius 2 is 1.83 bits per heavy atom. The van der Waals surface area contributed by atoms with Gasteiger partial charge < -0.3 is 59.0 Å². The van der Waals surface area contributed by atoms with Crippen molar-refractivity contribution in [3.8, 4) is 22.9 Å².